The highest BCUT2D eigenvalue weighted by molar-refractivity contribution is 6.02. The van der Waals surface area contributed by atoms with Crippen molar-refractivity contribution in [3.8, 4) is 0 Å². The summed E-state index contributed by atoms with van der Waals surface area (Å²) in [5, 5.41) is 5.74. The molecule has 0 saturated heterocycles. The topological polar surface area (TPSA) is 61.4 Å². The van der Waals surface area contributed by atoms with Gasteiger partial charge in [-0.3, -0.25) is 4.79 Å². The lowest BCUT2D eigenvalue weighted by Crippen LogP contribution is -2.38. The Morgan fingerprint density at radius 2 is 1.56 bits per heavy atom. The van der Waals surface area contributed by atoms with Gasteiger partial charge in [0.1, 0.15) is 0 Å². The number of fused-ring (bicyclic) bond motifs is 1. The Bertz CT molecular complexity index is 877. The first-order valence-corrected chi connectivity index (χ1v) is 9.25. The molecule has 0 unspecified atom stereocenters. The quantitative estimate of drug-likeness (QED) is 0.796. The number of rotatable bonds is 2. The van der Waals surface area contributed by atoms with E-state index in [2.05, 4.69) is 16.7 Å². The van der Waals surface area contributed by atoms with Crippen LogP contribution in [0.2, 0.25) is 0 Å². The summed E-state index contributed by atoms with van der Waals surface area (Å²) in [5.74, 6) is 0.0955. The number of carbonyl (C=O) groups excluding carboxylic acids is 2. The number of amides is 3. The molecule has 0 spiro atoms. The minimum Gasteiger partial charge on any atom is -0.311 e. The van der Waals surface area contributed by atoms with Crippen LogP contribution in [0, 0.1) is 19.3 Å². The molecule has 2 aromatic rings. The Morgan fingerprint density at radius 3 is 2.19 bits per heavy atom. The second kappa shape index (κ2) is 7.06. The van der Waals surface area contributed by atoms with Crippen molar-refractivity contribution in [1.29, 1.82) is 0 Å². The van der Waals surface area contributed by atoms with Gasteiger partial charge in [0.15, 0.2) is 0 Å². The summed E-state index contributed by atoms with van der Waals surface area (Å²) in [7, 11) is 0. The second-order valence-electron chi connectivity index (χ2n) is 8.26. The summed E-state index contributed by atoms with van der Waals surface area (Å²) in [5.41, 5.74) is 5.20. The SMILES string of the molecule is Cc1cc(C)cc(NC(=O)Nc2ccc3c(c2)N(C(=O)C(C)(C)C)CC3)c1. The summed E-state index contributed by atoms with van der Waals surface area (Å²) in [6, 6.07) is 11.4. The van der Waals surface area contributed by atoms with Gasteiger partial charge in [-0.05, 0) is 61.2 Å². The van der Waals surface area contributed by atoms with Crippen LogP contribution in [-0.2, 0) is 11.2 Å². The molecule has 3 amide bonds. The van der Waals surface area contributed by atoms with Crippen LogP contribution in [-0.4, -0.2) is 18.5 Å². The van der Waals surface area contributed by atoms with E-state index in [1.807, 2.05) is 69.9 Å². The Morgan fingerprint density at radius 1 is 0.926 bits per heavy atom. The number of benzene rings is 2. The van der Waals surface area contributed by atoms with Crippen molar-refractivity contribution in [2.24, 2.45) is 5.41 Å². The fourth-order valence-corrected chi connectivity index (χ4v) is 3.41. The minimum absolute atomic E-state index is 0.0955. The van der Waals surface area contributed by atoms with E-state index in [-0.39, 0.29) is 11.9 Å². The van der Waals surface area contributed by atoms with Crippen molar-refractivity contribution in [3.05, 3.63) is 53.1 Å². The van der Waals surface area contributed by atoms with Gasteiger partial charge in [0, 0.05) is 29.0 Å². The largest absolute Gasteiger partial charge is 0.323 e. The number of aryl methyl sites for hydroxylation is 2. The maximum absolute atomic E-state index is 12.7. The average Bonchev–Trinajstić information content (AvgIpc) is 2.95. The van der Waals surface area contributed by atoms with E-state index < -0.39 is 5.41 Å². The van der Waals surface area contributed by atoms with Gasteiger partial charge in [0.2, 0.25) is 5.91 Å². The summed E-state index contributed by atoms with van der Waals surface area (Å²) in [6.07, 6.45) is 0.839. The van der Waals surface area contributed by atoms with Crippen LogP contribution >= 0.6 is 0 Å². The highest BCUT2D eigenvalue weighted by Crippen LogP contribution is 2.34. The Labute approximate surface area is 160 Å². The van der Waals surface area contributed by atoms with E-state index in [4.69, 9.17) is 0 Å². The second-order valence-corrected chi connectivity index (χ2v) is 8.26. The predicted octanol–water partition coefficient (Wildman–Crippen LogP) is 4.88. The van der Waals surface area contributed by atoms with Crippen molar-refractivity contribution in [2.75, 3.05) is 22.1 Å². The normalized spacial score (nSPS) is 13.3. The van der Waals surface area contributed by atoms with Gasteiger partial charge < -0.3 is 15.5 Å². The smallest absolute Gasteiger partial charge is 0.311 e. The molecule has 2 aromatic carbocycles. The minimum atomic E-state index is -0.439. The third-order valence-corrected chi connectivity index (χ3v) is 4.61. The number of nitrogens with zero attached hydrogens (tertiary/aromatic N) is 1. The van der Waals surface area contributed by atoms with Crippen molar-refractivity contribution in [3.63, 3.8) is 0 Å². The van der Waals surface area contributed by atoms with Gasteiger partial charge in [0.05, 0.1) is 0 Å². The molecule has 0 saturated carbocycles. The molecule has 1 heterocycles. The molecule has 1 aliphatic heterocycles. The summed E-state index contributed by atoms with van der Waals surface area (Å²) >= 11 is 0. The predicted molar refractivity (Wildman–Crippen MR) is 111 cm³/mol. The fourth-order valence-electron chi connectivity index (χ4n) is 3.41. The number of carbonyl (C=O) groups is 2. The highest BCUT2D eigenvalue weighted by Gasteiger charge is 2.32. The van der Waals surface area contributed by atoms with E-state index in [0.29, 0.717) is 12.2 Å². The zero-order valence-corrected chi connectivity index (χ0v) is 16.6. The van der Waals surface area contributed by atoms with Crippen molar-refractivity contribution in [1.82, 2.24) is 0 Å². The molecule has 0 aliphatic carbocycles. The summed E-state index contributed by atoms with van der Waals surface area (Å²) in [6.45, 7) is 10.4. The molecule has 0 fully saturated rings. The zero-order valence-electron chi connectivity index (χ0n) is 16.6. The Balaban J connectivity index is 1.75. The third kappa shape index (κ3) is 4.30. The number of hydrogen-bond acceptors (Lipinski definition) is 2. The van der Waals surface area contributed by atoms with E-state index in [1.165, 1.54) is 0 Å². The molecule has 3 rings (SSSR count). The van der Waals surface area contributed by atoms with Crippen LogP contribution < -0.4 is 15.5 Å². The lowest BCUT2D eigenvalue weighted by atomic mass is 9.94. The van der Waals surface area contributed by atoms with Crippen molar-refractivity contribution >= 4 is 29.0 Å². The molecule has 0 bridgehead atoms. The molecule has 2 N–H and O–H groups in total. The van der Waals surface area contributed by atoms with Crippen molar-refractivity contribution < 1.29 is 9.59 Å². The lowest BCUT2D eigenvalue weighted by Gasteiger charge is -2.26. The number of anilines is 3. The molecular weight excluding hydrogens is 338 g/mol. The van der Waals surface area contributed by atoms with Gasteiger partial charge in [-0.15, -0.1) is 0 Å². The first-order valence-electron chi connectivity index (χ1n) is 9.25. The molecule has 1 aliphatic rings. The number of urea groups is 1. The van der Waals surface area contributed by atoms with Crippen LogP contribution in [0.1, 0.15) is 37.5 Å². The first-order chi connectivity index (χ1) is 12.6. The molecule has 27 heavy (non-hydrogen) atoms. The van der Waals surface area contributed by atoms with Gasteiger partial charge >= 0.3 is 6.03 Å². The Kier molecular flexibility index (Phi) is 4.96. The van der Waals surface area contributed by atoms with Crippen LogP contribution in [0.5, 0.6) is 0 Å². The molecule has 0 atom stereocenters. The van der Waals surface area contributed by atoms with E-state index >= 15 is 0 Å². The molecule has 0 aromatic heterocycles. The van der Waals surface area contributed by atoms with Gasteiger partial charge in [-0.25, -0.2) is 4.79 Å². The van der Waals surface area contributed by atoms with E-state index in [9.17, 15) is 9.59 Å². The van der Waals surface area contributed by atoms with Gasteiger partial charge in [0.25, 0.3) is 0 Å². The average molecular weight is 365 g/mol. The standard InChI is InChI=1S/C22H27N3O2/c1-14-10-15(2)12-18(11-14)24-21(27)23-17-7-6-16-8-9-25(19(16)13-17)20(26)22(3,4)5/h6-7,10-13H,8-9H2,1-5H3,(H2,23,24,27). The molecule has 0 radical (unpaired) electrons. The van der Waals surface area contributed by atoms with Crippen LogP contribution in [0.25, 0.3) is 0 Å². The van der Waals surface area contributed by atoms with Crippen LogP contribution in [0.3, 0.4) is 0 Å². The lowest BCUT2D eigenvalue weighted by molar-refractivity contribution is -0.125. The highest BCUT2D eigenvalue weighted by atomic mass is 16.2. The molecule has 142 valence electrons. The van der Waals surface area contributed by atoms with Gasteiger partial charge in [-0.2, -0.15) is 0 Å². The third-order valence-electron chi connectivity index (χ3n) is 4.61. The molecule has 5 nitrogen and oxygen atoms in total. The van der Waals surface area contributed by atoms with Crippen LogP contribution in [0.4, 0.5) is 21.9 Å². The number of nitrogens with one attached hydrogen (secondary N) is 2. The van der Waals surface area contributed by atoms with E-state index in [0.717, 1.165) is 34.5 Å². The first kappa shape index (κ1) is 19.0. The van der Waals surface area contributed by atoms with Crippen LogP contribution in [0.15, 0.2) is 36.4 Å². The van der Waals surface area contributed by atoms with Gasteiger partial charge in [-0.1, -0.05) is 32.9 Å². The summed E-state index contributed by atoms with van der Waals surface area (Å²) < 4.78 is 0. The molecular formula is C22H27N3O2. The zero-order chi connectivity index (χ0) is 19.8. The molecule has 5 heteroatoms. The monoisotopic (exact) mass is 365 g/mol. The fraction of sp³-hybridized carbons (Fsp3) is 0.364. The Hall–Kier alpha value is -2.82. The summed E-state index contributed by atoms with van der Waals surface area (Å²) in [4.78, 5) is 26.9. The maximum Gasteiger partial charge on any atom is 0.323 e. The van der Waals surface area contributed by atoms with Crippen molar-refractivity contribution in [2.45, 2.75) is 41.0 Å². The number of hydrogen-bond donors (Lipinski definition) is 2. The van der Waals surface area contributed by atoms with E-state index in [1.54, 1.807) is 0 Å². The maximum atomic E-state index is 12.7.